The number of nitrogens with zero attached hydrogens (tertiary/aromatic N) is 2. The summed E-state index contributed by atoms with van der Waals surface area (Å²) >= 11 is 0. The van der Waals surface area contributed by atoms with Crippen LogP contribution in [0, 0.1) is 5.82 Å². The largest absolute Gasteiger partial charge is 0.366 e. The number of carbonyl (C=O) groups excluding carboxylic acids is 1. The summed E-state index contributed by atoms with van der Waals surface area (Å²) in [7, 11) is 1.89. The lowest BCUT2D eigenvalue weighted by atomic mass is 10.1. The monoisotopic (exact) mass is 305 g/mol. The van der Waals surface area contributed by atoms with Crippen LogP contribution >= 0.6 is 0 Å². The second kappa shape index (κ2) is 6.70. The molecule has 1 amide bonds. The van der Waals surface area contributed by atoms with Crippen LogP contribution in [0.3, 0.4) is 0 Å². The van der Waals surface area contributed by atoms with Gasteiger partial charge in [0.1, 0.15) is 12.1 Å². The first-order valence-corrected chi connectivity index (χ1v) is 7.08. The highest BCUT2D eigenvalue weighted by molar-refractivity contribution is 5.92. The molecule has 1 heterocycles. The molecule has 1 aromatic heterocycles. The molecule has 5 nitrogen and oxygen atoms in total. The summed E-state index contributed by atoms with van der Waals surface area (Å²) in [4.78, 5) is 13.0. The average molecular weight is 305 g/mol. The zero-order valence-corrected chi connectivity index (χ0v) is 13.0. The van der Waals surface area contributed by atoms with Crippen molar-refractivity contribution in [2.45, 2.75) is 32.9 Å². The van der Waals surface area contributed by atoms with Crippen molar-refractivity contribution in [3.8, 4) is 0 Å². The molecule has 0 saturated carbocycles. The van der Waals surface area contributed by atoms with Crippen molar-refractivity contribution in [1.29, 1.82) is 0 Å². The van der Waals surface area contributed by atoms with E-state index in [0.29, 0.717) is 18.7 Å². The van der Waals surface area contributed by atoms with E-state index in [1.54, 1.807) is 12.3 Å². The smallest absolute Gasteiger partial charge is 0.248 e. The van der Waals surface area contributed by atoms with Crippen molar-refractivity contribution in [2.75, 3.05) is 7.05 Å². The molecule has 0 atom stereocenters. The lowest BCUT2D eigenvalue weighted by Crippen LogP contribution is -2.19. The number of primary amides is 1. The molecule has 2 N–H and O–H groups in total. The number of hydrogen-bond donors (Lipinski definition) is 1. The van der Waals surface area contributed by atoms with E-state index in [-0.39, 0.29) is 11.5 Å². The van der Waals surface area contributed by atoms with E-state index in [9.17, 15) is 9.18 Å². The number of hydrogen-bond acceptors (Lipinski definition) is 4. The third kappa shape index (κ3) is 3.71. The third-order valence-electron chi connectivity index (χ3n) is 3.44. The first-order chi connectivity index (χ1) is 10.4. The summed E-state index contributed by atoms with van der Waals surface area (Å²) < 4.78 is 19.0. The summed E-state index contributed by atoms with van der Waals surface area (Å²) in [6.45, 7) is 5.11. The second-order valence-electron chi connectivity index (χ2n) is 5.72. The zero-order valence-electron chi connectivity index (χ0n) is 13.0. The first kappa shape index (κ1) is 16.2. The fourth-order valence-corrected chi connectivity index (χ4v) is 2.33. The molecule has 22 heavy (non-hydrogen) atoms. The summed E-state index contributed by atoms with van der Waals surface area (Å²) in [6, 6.07) is 4.29. The molecule has 0 radical (unpaired) electrons. The van der Waals surface area contributed by atoms with Gasteiger partial charge in [-0.05, 0) is 25.1 Å². The van der Waals surface area contributed by atoms with Gasteiger partial charge in [-0.1, -0.05) is 25.1 Å². The van der Waals surface area contributed by atoms with Crippen LogP contribution in [0.4, 0.5) is 4.39 Å². The minimum atomic E-state index is -0.634. The predicted molar refractivity (Wildman–Crippen MR) is 80.7 cm³/mol. The van der Waals surface area contributed by atoms with Crippen molar-refractivity contribution in [2.24, 2.45) is 5.73 Å². The maximum Gasteiger partial charge on any atom is 0.248 e. The van der Waals surface area contributed by atoms with Gasteiger partial charge in [0, 0.05) is 29.8 Å². The Bertz CT molecular complexity index is 667. The maximum atomic E-state index is 14.0. The molecule has 0 aliphatic carbocycles. The van der Waals surface area contributed by atoms with Crippen molar-refractivity contribution < 1.29 is 13.7 Å². The van der Waals surface area contributed by atoms with Gasteiger partial charge in [0.15, 0.2) is 0 Å². The number of benzene rings is 1. The Kier molecular flexibility index (Phi) is 4.92. The number of amides is 1. The molecule has 0 aliphatic heterocycles. The van der Waals surface area contributed by atoms with Gasteiger partial charge in [0.25, 0.3) is 0 Å². The highest BCUT2D eigenvalue weighted by Crippen LogP contribution is 2.20. The van der Waals surface area contributed by atoms with Gasteiger partial charge in [0.05, 0.1) is 5.69 Å². The fourth-order valence-electron chi connectivity index (χ4n) is 2.33. The Balaban J connectivity index is 2.07. The summed E-state index contributed by atoms with van der Waals surface area (Å²) in [5.74, 6) is -0.795. The molecule has 1 aromatic carbocycles. The topological polar surface area (TPSA) is 72.4 Å². The number of aromatic nitrogens is 1. The highest BCUT2D eigenvalue weighted by atomic mass is 19.1. The highest BCUT2D eigenvalue weighted by Gasteiger charge is 2.15. The molecule has 0 fully saturated rings. The molecule has 2 aromatic rings. The van der Waals surface area contributed by atoms with Gasteiger partial charge >= 0.3 is 0 Å². The molecule has 2 rings (SSSR count). The van der Waals surface area contributed by atoms with Crippen molar-refractivity contribution in [1.82, 2.24) is 10.1 Å². The van der Waals surface area contributed by atoms with Gasteiger partial charge < -0.3 is 10.3 Å². The SMILES string of the molecule is CC(C)c1nocc1CN(C)Cc1ccc(C(N)=O)cc1F. The van der Waals surface area contributed by atoms with E-state index in [1.165, 1.54) is 12.1 Å². The molecular formula is C16H20FN3O2. The summed E-state index contributed by atoms with van der Waals surface area (Å²) in [5, 5.41) is 4.00. The van der Waals surface area contributed by atoms with Crippen molar-refractivity contribution in [3.05, 3.63) is 52.7 Å². The van der Waals surface area contributed by atoms with E-state index in [1.807, 2.05) is 25.8 Å². The molecule has 0 spiro atoms. The van der Waals surface area contributed by atoms with Gasteiger partial charge in [-0.2, -0.15) is 0 Å². The standard InChI is InChI=1S/C16H20FN3O2/c1-10(2)15-13(9-22-19-15)8-20(3)7-12-5-4-11(16(18)21)6-14(12)17/h4-6,9-10H,7-8H2,1-3H3,(H2,18,21). The van der Waals surface area contributed by atoms with Crippen LogP contribution in [0.15, 0.2) is 29.0 Å². The summed E-state index contributed by atoms with van der Waals surface area (Å²) in [5.41, 5.74) is 7.72. The van der Waals surface area contributed by atoms with Crippen LogP contribution in [0.25, 0.3) is 0 Å². The third-order valence-corrected chi connectivity index (χ3v) is 3.44. The molecule has 0 saturated heterocycles. The van der Waals surface area contributed by atoms with Crippen molar-refractivity contribution in [3.63, 3.8) is 0 Å². The minimum Gasteiger partial charge on any atom is -0.366 e. The number of nitrogens with two attached hydrogens (primary N) is 1. The molecule has 118 valence electrons. The van der Waals surface area contributed by atoms with Crippen LogP contribution in [-0.2, 0) is 13.1 Å². The Labute approximate surface area is 128 Å². The minimum absolute atomic E-state index is 0.171. The van der Waals surface area contributed by atoms with Gasteiger partial charge in [-0.15, -0.1) is 0 Å². The molecule has 0 bridgehead atoms. The normalized spacial score (nSPS) is 11.4. The van der Waals surface area contributed by atoms with Crippen molar-refractivity contribution >= 4 is 5.91 Å². The van der Waals surface area contributed by atoms with E-state index in [2.05, 4.69) is 5.16 Å². The van der Waals surface area contributed by atoms with Gasteiger partial charge in [-0.25, -0.2) is 4.39 Å². The van der Waals surface area contributed by atoms with E-state index >= 15 is 0 Å². The van der Waals surface area contributed by atoms with Crippen LogP contribution in [0.1, 0.15) is 46.9 Å². The van der Waals surface area contributed by atoms with E-state index < -0.39 is 11.7 Å². The van der Waals surface area contributed by atoms with E-state index in [4.69, 9.17) is 10.3 Å². The Morgan fingerprint density at radius 1 is 1.36 bits per heavy atom. The predicted octanol–water partition coefficient (Wildman–Crippen LogP) is 2.67. The molecular weight excluding hydrogens is 285 g/mol. The number of halogens is 1. The zero-order chi connectivity index (χ0) is 16.3. The fraction of sp³-hybridized carbons (Fsp3) is 0.375. The lowest BCUT2D eigenvalue weighted by molar-refractivity contribution is 0.1000. The van der Waals surface area contributed by atoms with Crippen LogP contribution < -0.4 is 5.73 Å². The molecule has 0 unspecified atom stereocenters. The number of carbonyl (C=O) groups is 1. The van der Waals surface area contributed by atoms with Crippen LogP contribution in [-0.4, -0.2) is 23.0 Å². The molecule has 6 heteroatoms. The van der Waals surface area contributed by atoms with Gasteiger partial charge in [-0.3, -0.25) is 9.69 Å². The second-order valence-corrected chi connectivity index (χ2v) is 5.72. The Morgan fingerprint density at radius 3 is 2.64 bits per heavy atom. The Morgan fingerprint density at radius 2 is 2.05 bits per heavy atom. The maximum absolute atomic E-state index is 14.0. The quantitative estimate of drug-likeness (QED) is 0.890. The van der Waals surface area contributed by atoms with Gasteiger partial charge in [0.2, 0.25) is 5.91 Å². The first-order valence-electron chi connectivity index (χ1n) is 7.08. The number of rotatable bonds is 6. The Hall–Kier alpha value is -2.21. The van der Waals surface area contributed by atoms with E-state index in [0.717, 1.165) is 11.3 Å². The average Bonchev–Trinajstić information content (AvgIpc) is 2.89. The molecule has 0 aliphatic rings. The summed E-state index contributed by atoms with van der Waals surface area (Å²) in [6.07, 6.45) is 1.62. The van der Waals surface area contributed by atoms with Crippen LogP contribution in [0.5, 0.6) is 0 Å². The lowest BCUT2D eigenvalue weighted by Gasteiger charge is -2.17. The van der Waals surface area contributed by atoms with Crippen LogP contribution in [0.2, 0.25) is 0 Å².